The molecule has 0 saturated carbocycles. The fourth-order valence-corrected chi connectivity index (χ4v) is 4.05. The van der Waals surface area contributed by atoms with Gasteiger partial charge in [-0.25, -0.2) is 8.42 Å². The van der Waals surface area contributed by atoms with Crippen molar-refractivity contribution in [2.75, 3.05) is 19.6 Å². The molecule has 2 N–H and O–H groups in total. The lowest BCUT2D eigenvalue weighted by Gasteiger charge is -2.16. The quantitative estimate of drug-likeness (QED) is 0.788. The molecule has 0 aromatic heterocycles. The summed E-state index contributed by atoms with van der Waals surface area (Å²) < 4.78 is 26.3. The van der Waals surface area contributed by atoms with E-state index in [0.29, 0.717) is 25.2 Å². The minimum absolute atomic E-state index is 0.178. The highest BCUT2D eigenvalue weighted by atomic mass is 32.2. The molecule has 0 spiro atoms. The van der Waals surface area contributed by atoms with Crippen LogP contribution in [-0.2, 0) is 14.8 Å². The molecule has 1 aliphatic heterocycles. The molecule has 1 fully saturated rings. The van der Waals surface area contributed by atoms with Gasteiger partial charge in [-0.05, 0) is 51.0 Å². The SMILES string of the molecule is CCNC(=O)[C@H](C)NC(=O)c1ccc(S(=O)(=O)N2CCCC2)cc1. The molecule has 2 rings (SSSR count). The normalized spacial score (nSPS) is 16.6. The number of amides is 2. The van der Waals surface area contributed by atoms with Crippen molar-refractivity contribution in [1.82, 2.24) is 14.9 Å². The third-order valence-electron chi connectivity index (χ3n) is 3.91. The topological polar surface area (TPSA) is 95.6 Å². The van der Waals surface area contributed by atoms with Crippen LogP contribution in [0.3, 0.4) is 0 Å². The van der Waals surface area contributed by atoms with Crippen LogP contribution in [0.5, 0.6) is 0 Å². The molecule has 1 aromatic rings. The first kappa shape index (κ1) is 18.4. The van der Waals surface area contributed by atoms with E-state index in [4.69, 9.17) is 0 Å². The van der Waals surface area contributed by atoms with E-state index in [-0.39, 0.29) is 10.8 Å². The zero-order chi connectivity index (χ0) is 17.7. The van der Waals surface area contributed by atoms with Crippen LogP contribution < -0.4 is 10.6 Å². The molecule has 0 radical (unpaired) electrons. The standard InChI is InChI=1S/C16H23N3O4S/c1-3-17-15(20)12(2)18-16(21)13-6-8-14(9-7-13)24(22,23)19-10-4-5-11-19/h6-9,12H,3-5,10-11H2,1-2H3,(H,17,20)(H,18,21)/t12-/m0/s1. The average Bonchev–Trinajstić information content (AvgIpc) is 3.10. The maximum Gasteiger partial charge on any atom is 0.251 e. The summed E-state index contributed by atoms with van der Waals surface area (Å²) in [7, 11) is -3.49. The lowest BCUT2D eigenvalue weighted by atomic mass is 10.2. The Bertz CT molecular complexity index is 695. The summed E-state index contributed by atoms with van der Waals surface area (Å²) in [5.41, 5.74) is 0.312. The van der Waals surface area contributed by atoms with Gasteiger partial charge in [-0.1, -0.05) is 0 Å². The molecule has 24 heavy (non-hydrogen) atoms. The van der Waals surface area contributed by atoms with Crippen molar-refractivity contribution >= 4 is 21.8 Å². The van der Waals surface area contributed by atoms with E-state index in [1.54, 1.807) is 13.8 Å². The van der Waals surface area contributed by atoms with E-state index < -0.39 is 22.0 Å². The molecule has 0 unspecified atom stereocenters. The molecule has 1 aliphatic rings. The Morgan fingerprint density at radius 3 is 2.29 bits per heavy atom. The zero-order valence-electron chi connectivity index (χ0n) is 13.9. The van der Waals surface area contributed by atoms with Crippen LogP contribution in [0.4, 0.5) is 0 Å². The summed E-state index contributed by atoms with van der Waals surface area (Å²) in [5.74, 6) is -0.682. The van der Waals surface area contributed by atoms with E-state index in [0.717, 1.165) is 12.8 Å². The van der Waals surface area contributed by atoms with Crippen LogP contribution in [-0.4, -0.2) is 50.2 Å². The maximum absolute atomic E-state index is 12.4. The lowest BCUT2D eigenvalue weighted by Crippen LogP contribution is -2.44. The predicted octanol–water partition coefficient (Wildman–Crippen LogP) is 0.726. The Labute approximate surface area is 142 Å². The van der Waals surface area contributed by atoms with E-state index in [1.807, 2.05) is 0 Å². The van der Waals surface area contributed by atoms with Gasteiger partial charge in [0.15, 0.2) is 0 Å². The van der Waals surface area contributed by atoms with Crippen LogP contribution in [0.2, 0.25) is 0 Å². The highest BCUT2D eigenvalue weighted by molar-refractivity contribution is 7.89. The highest BCUT2D eigenvalue weighted by Gasteiger charge is 2.27. The van der Waals surface area contributed by atoms with Gasteiger partial charge in [0.05, 0.1) is 4.90 Å². The summed E-state index contributed by atoms with van der Waals surface area (Å²) in [5, 5.41) is 5.21. The van der Waals surface area contributed by atoms with Crippen LogP contribution in [0.15, 0.2) is 29.2 Å². The van der Waals surface area contributed by atoms with Gasteiger partial charge in [0.1, 0.15) is 6.04 Å². The summed E-state index contributed by atoms with van der Waals surface area (Å²) in [6.07, 6.45) is 1.74. The Balaban J connectivity index is 2.06. The van der Waals surface area contributed by atoms with Crippen LogP contribution in [0.25, 0.3) is 0 Å². The number of carbonyl (C=O) groups excluding carboxylic acids is 2. The molecule has 7 nitrogen and oxygen atoms in total. The highest BCUT2D eigenvalue weighted by Crippen LogP contribution is 2.21. The molecule has 132 valence electrons. The maximum atomic E-state index is 12.4. The smallest absolute Gasteiger partial charge is 0.251 e. The molecule has 0 bridgehead atoms. The van der Waals surface area contributed by atoms with Gasteiger partial charge < -0.3 is 10.6 Å². The van der Waals surface area contributed by atoms with Crippen LogP contribution >= 0.6 is 0 Å². The average molecular weight is 353 g/mol. The van der Waals surface area contributed by atoms with Gasteiger partial charge in [-0.15, -0.1) is 0 Å². The van der Waals surface area contributed by atoms with Crippen molar-refractivity contribution in [1.29, 1.82) is 0 Å². The number of hydrogen-bond acceptors (Lipinski definition) is 4. The third kappa shape index (κ3) is 4.12. The number of nitrogens with zero attached hydrogens (tertiary/aromatic N) is 1. The van der Waals surface area contributed by atoms with Crippen molar-refractivity contribution in [3.63, 3.8) is 0 Å². The Morgan fingerprint density at radius 2 is 1.75 bits per heavy atom. The Morgan fingerprint density at radius 1 is 1.17 bits per heavy atom. The molecule has 2 amide bonds. The summed E-state index contributed by atoms with van der Waals surface area (Å²) >= 11 is 0. The first-order valence-electron chi connectivity index (χ1n) is 8.05. The minimum atomic E-state index is -3.49. The molecule has 1 saturated heterocycles. The van der Waals surface area contributed by atoms with E-state index >= 15 is 0 Å². The van der Waals surface area contributed by atoms with Gasteiger partial charge in [0.2, 0.25) is 15.9 Å². The molecular weight excluding hydrogens is 330 g/mol. The summed E-state index contributed by atoms with van der Waals surface area (Å²) in [4.78, 5) is 23.9. The number of hydrogen-bond donors (Lipinski definition) is 2. The lowest BCUT2D eigenvalue weighted by molar-refractivity contribution is -0.122. The third-order valence-corrected chi connectivity index (χ3v) is 5.82. The number of rotatable bonds is 6. The van der Waals surface area contributed by atoms with Gasteiger partial charge in [-0.2, -0.15) is 4.31 Å². The van der Waals surface area contributed by atoms with E-state index in [2.05, 4.69) is 10.6 Å². The molecule has 1 heterocycles. The van der Waals surface area contributed by atoms with E-state index in [1.165, 1.54) is 28.6 Å². The zero-order valence-corrected chi connectivity index (χ0v) is 14.7. The summed E-state index contributed by atoms with van der Waals surface area (Å²) in [6.45, 7) is 4.95. The van der Waals surface area contributed by atoms with Crippen molar-refractivity contribution in [3.8, 4) is 0 Å². The number of sulfonamides is 1. The second-order valence-corrected chi connectivity index (χ2v) is 7.66. The Kier molecular flexibility index (Phi) is 5.95. The molecular formula is C16H23N3O4S. The van der Waals surface area contributed by atoms with Crippen molar-refractivity contribution in [2.45, 2.75) is 37.6 Å². The Hall–Kier alpha value is -1.93. The first-order chi connectivity index (χ1) is 11.4. The van der Waals surface area contributed by atoms with Crippen molar-refractivity contribution in [3.05, 3.63) is 29.8 Å². The number of likely N-dealkylation sites (N-methyl/N-ethyl adjacent to an activating group) is 1. The van der Waals surface area contributed by atoms with Crippen LogP contribution in [0.1, 0.15) is 37.0 Å². The molecule has 1 atom stereocenters. The minimum Gasteiger partial charge on any atom is -0.355 e. The second-order valence-electron chi connectivity index (χ2n) is 5.73. The number of benzene rings is 1. The van der Waals surface area contributed by atoms with E-state index in [9.17, 15) is 18.0 Å². The van der Waals surface area contributed by atoms with Gasteiger partial charge in [0.25, 0.3) is 5.91 Å². The molecule has 8 heteroatoms. The van der Waals surface area contributed by atoms with Gasteiger partial charge in [-0.3, -0.25) is 9.59 Å². The molecule has 1 aromatic carbocycles. The van der Waals surface area contributed by atoms with Gasteiger partial charge >= 0.3 is 0 Å². The fourth-order valence-electron chi connectivity index (χ4n) is 2.53. The van der Waals surface area contributed by atoms with Crippen LogP contribution in [0, 0.1) is 0 Å². The predicted molar refractivity (Wildman–Crippen MR) is 90.0 cm³/mol. The fraction of sp³-hybridized carbons (Fsp3) is 0.500. The van der Waals surface area contributed by atoms with Crippen molar-refractivity contribution < 1.29 is 18.0 Å². The largest absolute Gasteiger partial charge is 0.355 e. The first-order valence-corrected chi connectivity index (χ1v) is 9.49. The monoisotopic (exact) mass is 353 g/mol. The summed E-state index contributed by atoms with van der Waals surface area (Å²) in [6, 6.07) is 5.12. The van der Waals surface area contributed by atoms with Crippen molar-refractivity contribution in [2.24, 2.45) is 0 Å². The number of carbonyl (C=O) groups is 2. The second kappa shape index (κ2) is 7.76. The van der Waals surface area contributed by atoms with Gasteiger partial charge in [0, 0.05) is 25.2 Å². The number of nitrogens with one attached hydrogen (secondary N) is 2. The molecule has 0 aliphatic carbocycles.